The molecule has 0 radical (unpaired) electrons. The Morgan fingerprint density at radius 1 is 1.18 bits per heavy atom. The molecule has 22 heavy (non-hydrogen) atoms. The van der Waals surface area contributed by atoms with Crippen LogP contribution in [0.5, 0.6) is 0 Å². The second-order valence-corrected chi connectivity index (χ2v) is 5.68. The van der Waals surface area contributed by atoms with Gasteiger partial charge in [-0.25, -0.2) is 4.99 Å². The topological polar surface area (TPSA) is 46.5 Å². The van der Waals surface area contributed by atoms with Crippen molar-refractivity contribution in [3.63, 3.8) is 0 Å². The van der Waals surface area contributed by atoms with Crippen molar-refractivity contribution in [1.29, 1.82) is 0 Å². The Morgan fingerprint density at radius 2 is 2.00 bits per heavy atom. The lowest BCUT2D eigenvalue weighted by molar-refractivity contribution is 0.331. The Morgan fingerprint density at radius 3 is 2.73 bits per heavy atom. The third-order valence-electron chi connectivity index (χ3n) is 3.51. The van der Waals surface area contributed by atoms with Crippen LogP contribution in [-0.2, 0) is 4.74 Å². The quantitative estimate of drug-likeness (QED) is 0.930. The fraction of sp³-hybridized carbons (Fsp3) is 0.250. The molecule has 0 fully saturated rings. The van der Waals surface area contributed by atoms with Crippen LogP contribution < -0.4 is 5.32 Å². The molecule has 1 unspecified atom stereocenters. The van der Waals surface area contributed by atoms with Crippen molar-refractivity contribution < 1.29 is 4.74 Å². The van der Waals surface area contributed by atoms with Gasteiger partial charge in [0, 0.05) is 24.9 Å². The van der Waals surface area contributed by atoms with Gasteiger partial charge < -0.3 is 10.1 Å². The van der Waals surface area contributed by atoms with Gasteiger partial charge >= 0.3 is 0 Å². The maximum absolute atomic E-state index is 6.40. The van der Waals surface area contributed by atoms with E-state index in [0.717, 1.165) is 11.1 Å². The van der Waals surface area contributed by atoms with Gasteiger partial charge in [-0.05, 0) is 29.3 Å². The molecule has 3 rings (SSSR count). The van der Waals surface area contributed by atoms with Crippen LogP contribution >= 0.6 is 23.2 Å². The van der Waals surface area contributed by atoms with Crippen LogP contribution in [0.4, 0.5) is 0 Å². The summed E-state index contributed by atoms with van der Waals surface area (Å²) in [5.41, 5.74) is 2.07. The van der Waals surface area contributed by atoms with Gasteiger partial charge in [-0.1, -0.05) is 35.3 Å². The SMILES string of the molecule is Clc1cccc(C(CNC2=NCCO2)c2ccncc2)c1Cl. The number of nitrogens with zero attached hydrogens (tertiary/aromatic N) is 2. The molecule has 1 aromatic carbocycles. The van der Waals surface area contributed by atoms with E-state index in [1.54, 1.807) is 18.5 Å². The number of rotatable bonds is 4. The van der Waals surface area contributed by atoms with Gasteiger partial charge in [0.1, 0.15) is 6.61 Å². The van der Waals surface area contributed by atoms with Crippen molar-refractivity contribution in [3.05, 3.63) is 63.9 Å². The molecule has 0 saturated heterocycles. The van der Waals surface area contributed by atoms with E-state index in [0.29, 0.717) is 35.8 Å². The van der Waals surface area contributed by atoms with Crippen molar-refractivity contribution in [1.82, 2.24) is 10.3 Å². The van der Waals surface area contributed by atoms with E-state index in [2.05, 4.69) is 15.3 Å². The lowest BCUT2D eigenvalue weighted by Crippen LogP contribution is -2.29. The molecule has 1 aliphatic rings. The largest absolute Gasteiger partial charge is 0.463 e. The van der Waals surface area contributed by atoms with E-state index in [9.17, 15) is 0 Å². The first kappa shape index (κ1) is 15.1. The highest BCUT2D eigenvalue weighted by atomic mass is 35.5. The normalized spacial score (nSPS) is 15.1. The van der Waals surface area contributed by atoms with Gasteiger partial charge in [0.15, 0.2) is 0 Å². The maximum atomic E-state index is 6.40. The zero-order valence-electron chi connectivity index (χ0n) is 11.8. The van der Waals surface area contributed by atoms with Crippen LogP contribution in [0.15, 0.2) is 47.7 Å². The van der Waals surface area contributed by atoms with Crippen LogP contribution in [0.1, 0.15) is 17.0 Å². The molecule has 2 heterocycles. The number of benzene rings is 1. The van der Waals surface area contributed by atoms with Crippen molar-refractivity contribution >= 4 is 29.2 Å². The minimum atomic E-state index is 0.0288. The molecule has 1 aliphatic heterocycles. The molecule has 1 aromatic heterocycles. The van der Waals surface area contributed by atoms with Gasteiger partial charge in [0.05, 0.1) is 16.6 Å². The molecular formula is C16H15Cl2N3O. The zero-order chi connectivity index (χ0) is 15.4. The summed E-state index contributed by atoms with van der Waals surface area (Å²) in [4.78, 5) is 8.32. The van der Waals surface area contributed by atoms with Crippen molar-refractivity contribution in [2.45, 2.75) is 5.92 Å². The van der Waals surface area contributed by atoms with Crippen molar-refractivity contribution in [2.75, 3.05) is 19.7 Å². The summed E-state index contributed by atoms with van der Waals surface area (Å²) in [5, 5.41) is 4.35. The van der Waals surface area contributed by atoms with Gasteiger partial charge in [-0.3, -0.25) is 4.98 Å². The summed E-state index contributed by atoms with van der Waals surface area (Å²) in [6, 6.07) is 10.2. The number of hydrogen-bond acceptors (Lipinski definition) is 4. The summed E-state index contributed by atoms with van der Waals surface area (Å²) < 4.78 is 5.40. The first-order valence-corrected chi connectivity index (χ1v) is 7.76. The number of hydrogen-bond donors (Lipinski definition) is 1. The van der Waals surface area contributed by atoms with Gasteiger partial charge in [-0.2, -0.15) is 0 Å². The predicted octanol–water partition coefficient (Wildman–Crippen LogP) is 3.50. The van der Waals surface area contributed by atoms with E-state index in [1.165, 1.54) is 0 Å². The van der Waals surface area contributed by atoms with Gasteiger partial charge in [0.25, 0.3) is 6.02 Å². The highest BCUT2D eigenvalue weighted by Crippen LogP contribution is 2.34. The average Bonchev–Trinajstić information content (AvgIpc) is 3.06. The Kier molecular flexibility index (Phi) is 4.80. The Hall–Kier alpha value is -1.78. The number of nitrogens with one attached hydrogen (secondary N) is 1. The summed E-state index contributed by atoms with van der Waals surface area (Å²) in [6.45, 7) is 1.93. The lowest BCUT2D eigenvalue weighted by Gasteiger charge is -2.20. The first-order chi connectivity index (χ1) is 10.8. The molecule has 0 spiro atoms. The monoisotopic (exact) mass is 335 g/mol. The molecule has 1 atom stereocenters. The third-order valence-corrected chi connectivity index (χ3v) is 4.34. The maximum Gasteiger partial charge on any atom is 0.284 e. The summed E-state index contributed by atoms with van der Waals surface area (Å²) >= 11 is 12.6. The number of halogens is 2. The van der Waals surface area contributed by atoms with Crippen LogP contribution in [0.25, 0.3) is 0 Å². The van der Waals surface area contributed by atoms with E-state index >= 15 is 0 Å². The molecule has 114 valence electrons. The van der Waals surface area contributed by atoms with Crippen LogP contribution in [0.3, 0.4) is 0 Å². The Labute approximate surface area is 139 Å². The Balaban J connectivity index is 1.90. The standard InChI is InChI=1S/C16H15Cl2N3O/c17-14-3-1-2-12(15(14)18)13(11-4-6-19-7-5-11)10-21-16-20-8-9-22-16/h1-7,13H,8-10H2,(H,20,21). The molecule has 0 aliphatic carbocycles. The predicted molar refractivity (Wildman–Crippen MR) is 88.8 cm³/mol. The van der Waals surface area contributed by atoms with Crippen molar-refractivity contribution in [3.8, 4) is 0 Å². The molecule has 0 amide bonds. The molecule has 0 saturated carbocycles. The number of amidine groups is 1. The molecular weight excluding hydrogens is 321 g/mol. The zero-order valence-corrected chi connectivity index (χ0v) is 13.3. The van der Waals surface area contributed by atoms with Gasteiger partial charge in [-0.15, -0.1) is 0 Å². The third kappa shape index (κ3) is 3.34. The highest BCUT2D eigenvalue weighted by molar-refractivity contribution is 6.42. The van der Waals surface area contributed by atoms with Crippen LogP contribution in [-0.4, -0.2) is 30.7 Å². The van der Waals surface area contributed by atoms with Crippen molar-refractivity contribution in [2.24, 2.45) is 4.99 Å². The summed E-state index contributed by atoms with van der Waals surface area (Å²) in [5.74, 6) is 0.0288. The number of aromatic nitrogens is 1. The summed E-state index contributed by atoms with van der Waals surface area (Å²) in [7, 11) is 0. The van der Waals surface area contributed by atoms with E-state index in [1.807, 2.05) is 24.3 Å². The second-order valence-electron chi connectivity index (χ2n) is 4.89. The lowest BCUT2D eigenvalue weighted by atomic mass is 9.92. The Bertz CT molecular complexity index is 676. The van der Waals surface area contributed by atoms with Gasteiger partial charge in [0.2, 0.25) is 0 Å². The minimum absolute atomic E-state index is 0.0288. The summed E-state index contributed by atoms with van der Waals surface area (Å²) in [6.07, 6.45) is 3.54. The average molecular weight is 336 g/mol. The molecule has 2 aromatic rings. The molecule has 6 heteroatoms. The molecule has 0 bridgehead atoms. The van der Waals surface area contributed by atoms with E-state index in [4.69, 9.17) is 27.9 Å². The smallest absolute Gasteiger partial charge is 0.284 e. The van der Waals surface area contributed by atoms with Crippen LogP contribution in [0, 0.1) is 0 Å². The number of ether oxygens (including phenoxy) is 1. The van der Waals surface area contributed by atoms with E-state index < -0.39 is 0 Å². The van der Waals surface area contributed by atoms with Crippen LogP contribution in [0.2, 0.25) is 10.0 Å². The number of aliphatic imine (C=N–C) groups is 1. The second kappa shape index (κ2) is 6.99. The number of pyridine rings is 1. The minimum Gasteiger partial charge on any atom is -0.463 e. The van der Waals surface area contributed by atoms with E-state index in [-0.39, 0.29) is 5.92 Å². The molecule has 1 N–H and O–H groups in total. The highest BCUT2D eigenvalue weighted by Gasteiger charge is 2.20. The fourth-order valence-corrected chi connectivity index (χ4v) is 2.86. The molecule has 4 nitrogen and oxygen atoms in total. The fourth-order valence-electron chi connectivity index (χ4n) is 2.42. The first-order valence-electron chi connectivity index (χ1n) is 7.00.